The van der Waals surface area contributed by atoms with Crippen molar-refractivity contribution in [2.75, 3.05) is 11.6 Å². The number of carbonyl (C=O) groups excluding carboxylic acids is 1. The maximum Gasteiger partial charge on any atom is 0.265 e. The molecule has 134 valence electrons. The lowest BCUT2D eigenvalue weighted by Gasteiger charge is -2.17. The molecule has 0 bridgehead atoms. The number of halogens is 2. The topological polar surface area (TPSA) is 72.5 Å². The number of nitrogens with one attached hydrogen (secondary N) is 1. The zero-order valence-electron chi connectivity index (χ0n) is 13.8. The smallest absolute Gasteiger partial charge is 0.265 e. The maximum absolute atomic E-state index is 12.4. The number of benzene rings is 2. The lowest BCUT2D eigenvalue weighted by Crippen LogP contribution is -2.30. The van der Waals surface area contributed by atoms with Gasteiger partial charge in [-0.1, -0.05) is 17.7 Å². The molecular weight excluding hydrogens is 430 g/mol. The first kappa shape index (κ1) is 19.8. The minimum atomic E-state index is -3.36. The number of amides is 1. The van der Waals surface area contributed by atoms with Gasteiger partial charge in [-0.25, -0.2) is 8.42 Å². The highest BCUT2D eigenvalue weighted by molar-refractivity contribution is 9.10. The molecular formula is C17H17BrClNO4S. The van der Waals surface area contributed by atoms with Crippen molar-refractivity contribution in [3.8, 4) is 5.75 Å². The Morgan fingerprint density at radius 2 is 1.92 bits per heavy atom. The Hall–Kier alpha value is -1.57. The van der Waals surface area contributed by atoms with Gasteiger partial charge in [-0.15, -0.1) is 0 Å². The normalized spacial score (nSPS) is 12.5. The van der Waals surface area contributed by atoms with Gasteiger partial charge in [-0.3, -0.25) is 4.79 Å². The zero-order valence-corrected chi connectivity index (χ0v) is 17.0. The van der Waals surface area contributed by atoms with Gasteiger partial charge in [0.1, 0.15) is 5.75 Å². The molecule has 0 saturated heterocycles. The zero-order chi connectivity index (χ0) is 18.8. The van der Waals surface area contributed by atoms with E-state index >= 15 is 0 Å². The van der Waals surface area contributed by atoms with Crippen molar-refractivity contribution < 1.29 is 17.9 Å². The first-order valence-corrected chi connectivity index (χ1v) is 10.4. The summed E-state index contributed by atoms with van der Waals surface area (Å²) >= 11 is 9.21. The van der Waals surface area contributed by atoms with Crippen LogP contribution in [-0.2, 0) is 14.6 Å². The highest BCUT2D eigenvalue weighted by Crippen LogP contribution is 2.29. The molecule has 0 unspecified atom stereocenters. The van der Waals surface area contributed by atoms with Crippen LogP contribution in [0, 0.1) is 6.92 Å². The summed E-state index contributed by atoms with van der Waals surface area (Å²) in [7, 11) is -3.36. The fourth-order valence-corrected chi connectivity index (χ4v) is 3.44. The summed E-state index contributed by atoms with van der Waals surface area (Å²) < 4.78 is 29.6. The Labute approximate surface area is 160 Å². The largest absolute Gasteiger partial charge is 0.480 e. The summed E-state index contributed by atoms with van der Waals surface area (Å²) in [6, 6.07) is 9.57. The van der Waals surface area contributed by atoms with Gasteiger partial charge in [0.15, 0.2) is 15.9 Å². The van der Waals surface area contributed by atoms with Crippen LogP contribution in [0.15, 0.2) is 45.8 Å². The predicted octanol–water partition coefficient (Wildman–Crippen LogP) is 4.22. The highest BCUT2D eigenvalue weighted by atomic mass is 79.9. The number of ether oxygens (including phenoxy) is 1. The molecule has 0 aliphatic rings. The summed E-state index contributed by atoms with van der Waals surface area (Å²) in [6.07, 6.45) is 0.325. The van der Waals surface area contributed by atoms with Gasteiger partial charge in [-0.2, -0.15) is 0 Å². The van der Waals surface area contributed by atoms with Crippen LogP contribution < -0.4 is 10.1 Å². The first-order valence-electron chi connectivity index (χ1n) is 7.31. The quantitative estimate of drug-likeness (QED) is 0.746. The Kier molecular flexibility index (Phi) is 6.13. The SMILES string of the molecule is Cc1ccc(S(C)(=O)=O)cc1NC(=O)[C@@H](C)Oc1ccc(Cl)cc1Br. The summed E-state index contributed by atoms with van der Waals surface area (Å²) in [5.41, 5.74) is 1.18. The van der Waals surface area contributed by atoms with Crippen molar-refractivity contribution in [2.24, 2.45) is 0 Å². The van der Waals surface area contributed by atoms with Crippen molar-refractivity contribution in [3.63, 3.8) is 0 Å². The Morgan fingerprint density at radius 1 is 1.24 bits per heavy atom. The molecule has 0 radical (unpaired) electrons. The van der Waals surface area contributed by atoms with Crippen molar-refractivity contribution in [2.45, 2.75) is 24.8 Å². The van der Waals surface area contributed by atoms with Crippen molar-refractivity contribution in [3.05, 3.63) is 51.5 Å². The number of sulfone groups is 1. The second-order valence-electron chi connectivity index (χ2n) is 5.57. The van der Waals surface area contributed by atoms with Crippen LogP contribution in [0.1, 0.15) is 12.5 Å². The van der Waals surface area contributed by atoms with Gasteiger partial charge in [0.05, 0.1) is 9.37 Å². The molecule has 25 heavy (non-hydrogen) atoms. The molecule has 1 amide bonds. The van der Waals surface area contributed by atoms with E-state index in [0.717, 1.165) is 11.8 Å². The summed E-state index contributed by atoms with van der Waals surface area (Å²) in [5, 5.41) is 3.25. The molecule has 0 aliphatic carbocycles. The van der Waals surface area contributed by atoms with Crippen LogP contribution in [0.2, 0.25) is 5.02 Å². The Bertz CT molecular complexity index is 915. The molecule has 0 saturated carbocycles. The van der Waals surface area contributed by atoms with Gasteiger partial charge >= 0.3 is 0 Å². The van der Waals surface area contributed by atoms with Crippen LogP contribution in [-0.4, -0.2) is 26.7 Å². The molecule has 1 N–H and O–H groups in total. The summed E-state index contributed by atoms with van der Waals surface area (Å²) in [5.74, 6) is 0.0873. The van der Waals surface area contributed by atoms with Gasteiger partial charge in [0.2, 0.25) is 0 Å². The fourth-order valence-electron chi connectivity index (χ4n) is 2.02. The standard InChI is InChI=1S/C17H17BrClNO4S/c1-10-4-6-13(25(3,22)23)9-15(10)20-17(21)11(2)24-16-7-5-12(19)8-14(16)18/h4-9,11H,1-3H3,(H,20,21)/t11-/m1/s1. The molecule has 0 aromatic heterocycles. The van der Waals surface area contributed by atoms with E-state index < -0.39 is 21.8 Å². The third-order valence-electron chi connectivity index (χ3n) is 3.46. The predicted molar refractivity (Wildman–Crippen MR) is 102 cm³/mol. The second kappa shape index (κ2) is 7.76. The average molecular weight is 447 g/mol. The molecule has 0 heterocycles. The van der Waals surface area contributed by atoms with Crippen LogP contribution in [0.3, 0.4) is 0 Å². The van der Waals surface area contributed by atoms with Crippen molar-refractivity contribution in [1.29, 1.82) is 0 Å². The fraction of sp³-hybridized carbons (Fsp3) is 0.235. The molecule has 0 fully saturated rings. The molecule has 1 atom stereocenters. The number of anilines is 1. The molecule has 5 nitrogen and oxygen atoms in total. The van der Waals surface area contributed by atoms with E-state index in [1.165, 1.54) is 12.1 Å². The van der Waals surface area contributed by atoms with Gasteiger partial charge in [0, 0.05) is 17.0 Å². The third-order valence-corrected chi connectivity index (χ3v) is 5.43. The molecule has 2 rings (SSSR count). The monoisotopic (exact) mass is 445 g/mol. The summed E-state index contributed by atoms with van der Waals surface area (Å²) in [6.45, 7) is 3.38. The highest BCUT2D eigenvalue weighted by Gasteiger charge is 2.18. The van der Waals surface area contributed by atoms with Crippen LogP contribution in [0.4, 0.5) is 5.69 Å². The van der Waals surface area contributed by atoms with E-state index in [2.05, 4.69) is 21.2 Å². The number of carbonyl (C=O) groups is 1. The second-order valence-corrected chi connectivity index (χ2v) is 8.88. The third kappa shape index (κ3) is 5.20. The minimum Gasteiger partial charge on any atom is -0.480 e. The first-order chi connectivity index (χ1) is 11.6. The number of hydrogen-bond donors (Lipinski definition) is 1. The van der Waals surface area contributed by atoms with E-state index in [1.54, 1.807) is 38.1 Å². The van der Waals surface area contributed by atoms with Gasteiger partial charge in [0.25, 0.3) is 5.91 Å². The van der Waals surface area contributed by atoms with E-state index in [1.807, 2.05) is 0 Å². The molecule has 0 spiro atoms. The van der Waals surface area contributed by atoms with E-state index in [-0.39, 0.29) is 4.90 Å². The van der Waals surface area contributed by atoms with E-state index in [0.29, 0.717) is 20.9 Å². The Morgan fingerprint density at radius 3 is 2.52 bits per heavy atom. The van der Waals surface area contributed by atoms with Crippen LogP contribution in [0.25, 0.3) is 0 Å². The number of rotatable bonds is 5. The van der Waals surface area contributed by atoms with Crippen molar-refractivity contribution >= 4 is 49.0 Å². The van der Waals surface area contributed by atoms with Crippen LogP contribution in [0.5, 0.6) is 5.75 Å². The maximum atomic E-state index is 12.4. The number of aryl methyl sites for hydroxylation is 1. The lowest BCUT2D eigenvalue weighted by atomic mass is 10.2. The van der Waals surface area contributed by atoms with Crippen molar-refractivity contribution in [1.82, 2.24) is 0 Å². The molecule has 2 aromatic carbocycles. The number of hydrogen-bond acceptors (Lipinski definition) is 4. The van der Waals surface area contributed by atoms with E-state index in [9.17, 15) is 13.2 Å². The minimum absolute atomic E-state index is 0.141. The van der Waals surface area contributed by atoms with Gasteiger partial charge < -0.3 is 10.1 Å². The molecule has 8 heteroatoms. The lowest BCUT2D eigenvalue weighted by molar-refractivity contribution is -0.122. The van der Waals surface area contributed by atoms with Crippen LogP contribution >= 0.6 is 27.5 Å². The molecule has 2 aromatic rings. The Balaban J connectivity index is 2.16. The van der Waals surface area contributed by atoms with Gasteiger partial charge in [-0.05, 0) is 65.7 Å². The molecule has 0 aliphatic heterocycles. The average Bonchev–Trinajstić information content (AvgIpc) is 2.50. The van der Waals surface area contributed by atoms with E-state index in [4.69, 9.17) is 16.3 Å². The summed E-state index contributed by atoms with van der Waals surface area (Å²) in [4.78, 5) is 12.5.